The Morgan fingerprint density at radius 1 is 1.29 bits per heavy atom. The number of halogens is 1. The second kappa shape index (κ2) is 5.78. The Bertz CT molecular complexity index is 508. The predicted molar refractivity (Wildman–Crippen MR) is 81.6 cm³/mol. The van der Waals surface area contributed by atoms with Crippen LogP contribution in [-0.4, -0.2) is 11.1 Å². The van der Waals surface area contributed by atoms with Crippen molar-refractivity contribution in [2.75, 3.05) is 0 Å². The van der Waals surface area contributed by atoms with Crippen LogP contribution in [-0.2, 0) is 11.2 Å². The molecule has 1 fully saturated rings. The summed E-state index contributed by atoms with van der Waals surface area (Å²) in [5.41, 5.74) is -0.0683. The molecule has 0 bridgehead atoms. The van der Waals surface area contributed by atoms with E-state index in [0.717, 1.165) is 12.8 Å². The summed E-state index contributed by atoms with van der Waals surface area (Å²) < 4.78 is 13.9. The molecule has 0 saturated heterocycles. The quantitative estimate of drug-likeness (QED) is 0.878. The molecular weight excluding hydrogens is 267 g/mol. The Labute approximate surface area is 126 Å². The maximum Gasteiger partial charge on any atom is 0.309 e. The number of carboxylic acids is 1. The van der Waals surface area contributed by atoms with Crippen LogP contribution in [0.4, 0.5) is 4.39 Å². The highest BCUT2D eigenvalue weighted by atomic mass is 19.1. The third-order valence-electron chi connectivity index (χ3n) is 5.11. The summed E-state index contributed by atoms with van der Waals surface area (Å²) in [6.45, 7) is 6.63. The molecule has 21 heavy (non-hydrogen) atoms. The Hall–Kier alpha value is -1.38. The van der Waals surface area contributed by atoms with Crippen molar-refractivity contribution in [3.05, 3.63) is 35.6 Å². The van der Waals surface area contributed by atoms with E-state index in [9.17, 15) is 14.3 Å². The van der Waals surface area contributed by atoms with E-state index < -0.39 is 11.4 Å². The summed E-state index contributed by atoms with van der Waals surface area (Å²) >= 11 is 0. The highest BCUT2D eigenvalue weighted by Gasteiger charge is 2.44. The molecule has 0 unspecified atom stereocenters. The van der Waals surface area contributed by atoms with E-state index in [0.29, 0.717) is 30.7 Å². The molecule has 3 heteroatoms. The Balaban J connectivity index is 2.17. The van der Waals surface area contributed by atoms with Crippen molar-refractivity contribution in [2.45, 2.75) is 52.9 Å². The van der Waals surface area contributed by atoms with Gasteiger partial charge in [0.15, 0.2) is 0 Å². The summed E-state index contributed by atoms with van der Waals surface area (Å²) in [6.07, 6.45) is 3.39. The summed E-state index contributed by atoms with van der Waals surface area (Å²) in [4.78, 5) is 11.8. The van der Waals surface area contributed by atoms with Crippen molar-refractivity contribution in [2.24, 2.45) is 16.7 Å². The van der Waals surface area contributed by atoms with Gasteiger partial charge < -0.3 is 5.11 Å². The fourth-order valence-electron chi connectivity index (χ4n) is 3.51. The normalized spacial score (nSPS) is 26.6. The zero-order valence-electron chi connectivity index (χ0n) is 13.2. The molecule has 2 nitrogen and oxygen atoms in total. The minimum absolute atomic E-state index is 0.211. The SMILES string of the molecule is CC(C)(C)C1CCC(Cc2ccccc2F)(C(=O)O)CC1. The zero-order valence-corrected chi connectivity index (χ0v) is 13.2. The van der Waals surface area contributed by atoms with Crippen LogP contribution in [0, 0.1) is 22.6 Å². The monoisotopic (exact) mass is 292 g/mol. The molecule has 0 heterocycles. The first-order valence-corrected chi connectivity index (χ1v) is 7.71. The van der Waals surface area contributed by atoms with Gasteiger partial charge in [-0.15, -0.1) is 0 Å². The first-order chi connectivity index (χ1) is 9.74. The fraction of sp³-hybridized carbons (Fsp3) is 0.611. The van der Waals surface area contributed by atoms with E-state index >= 15 is 0 Å². The Morgan fingerprint density at radius 2 is 1.86 bits per heavy atom. The minimum Gasteiger partial charge on any atom is -0.481 e. The van der Waals surface area contributed by atoms with Gasteiger partial charge in [0, 0.05) is 0 Å². The van der Waals surface area contributed by atoms with Crippen LogP contribution in [0.25, 0.3) is 0 Å². The van der Waals surface area contributed by atoms with Crippen LogP contribution < -0.4 is 0 Å². The molecular formula is C18H25FO2. The summed E-state index contributed by atoms with van der Waals surface area (Å²) in [6, 6.07) is 6.53. The van der Waals surface area contributed by atoms with E-state index in [4.69, 9.17) is 0 Å². The van der Waals surface area contributed by atoms with Gasteiger partial charge >= 0.3 is 5.97 Å². The molecule has 1 saturated carbocycles. The highest BCUT2D eigenvalue weighted by molar-refractivity contribution is 5.75. The summed E-state index contributed by atoms with van der Waals surface area (Å²) in [5, 5.41) is 9.71. The summed E-state index contributed by atoms with van der Waals surface area (Å²) in [5.74, 6) is -0.528. The zero-order chi connectivity index (χ0) is 15.7. The molecule has 1 aromatic rings. The first-order valence-electron chi connectivity index (χ1n) is 7.71. The third kappa shape index (κ3) is 3.45. The molecule has 116 valence electrons. The first kappa shape index (κ1) is 16.0. The van der Waals surface area contributed by atoms with Crippen LogP contribution in [0.1, 0.15) is 52.0 Å². The van der Waals surface area contributed by atoms with Gasteiger partial charge in [-0.1, -0.05) is 39.0 Å². The number of hydrogen-bond acceptors (Lipinski definition) is 1. The number of benzene rings is 1. The second-order valence-corrected chi connectivity index (χ2v) is 7.49. The van der Waals surface area contributed by atoms with Crippen molar-refractivity contribution in [1.82, 2.24) is 0 Å². The van der Waals surface area contributed by atoms with Crippen LogP contribution in [0.5, 0.6) is 0 Å². The van der Waals surface area contributed by atoms with Crippen molar-refractivity contribution in [3.63, 3.8) is 0 Å². The van der Waals surface area contributed by atoms with Gasteiger partial charge in [0.25, 0.3) is 0 Å². The molecule has 0 radical (unpaired) electrons. The van der Waals surface area contributed by atoms with Crippen LogP contribution >= 0.6 is 0 Å². The van der Waals surface area contributed by atoms with E-state index in [1.165, 1.54) is 6.07 Å². The standard InChI is InChI=1S/C18H25FO2/c1-17(2,3)14-8-10-18(11-9-14,16(20)21)12-13-6-4-5-7-15(13)19/h4-7,14H,8-12H2,1-3H3,(H,20,21). The molecule has 0 aromatic heterocycles. The molecule has 0 amide bonds. The van der Waals surface area contributed by atoms with E-state index in [-0.39, 0.29) is 11.2 Å². The average molecular weight is 292 g/mol. The lowest BCUT2D eigenvalue weighted by molar-refractivity contribution is -0.152. The predicted octanol–water partition coefficient (Wildman–Crippen LogP) is 4.68. The van der Waals surface area contributed by atoms with Gasteiger partial charge in [-0.05, 0) is 55.1 Å². The van der Waals surface area contributed by atoms with Crippen LogP contribution in [0.15, 0.2) is 24.3 Å². The van der Waals surface area contributed by atoms with Crippen LogP contribution in [0.2, 0.25) is 0 Å². The topological polar surface area (TPSA) is 37.3 Å². The van der Waals surface area contributed by atoms with Crippen LogP contribution in [0.3, 0.4) is 0 Å². The molecule has 0 spiro atoms. The van der Waals surface area contributed by atoms with Crippen molar-refractivity contribution >= 4 is 5.97 Å². The van der Waals surface area contributed by atoms with E-state index in [1.807, 2.05) is 0 Å². The molecule has 0 aliphatic heterocycles. The molecule has 1 N–H and O–H groups in total. The Kier molecular flexibility index (Phi) is 4.40. The molecule has 1 aliphatic rings. The fourth-order valence-corrected chi connectivity index (χ4v) is 3.51. The lowest BCUT2D eigenvalue weighted by atomic mass is 9.62. The van der Waals surface area contributed by atoms with Crippen molar-refractivity contribution in [1.29, 1.82) is 0 Å². The van der Waals surface area contributed by atoms with Gasteiger partial charge in [-0.2, -0.15) is 0 Å². The lowest BCUT2D eigenvalue weighted by Crippen LogP contribution is -2.40. The largest absolute Gasteiger partial charge is 0.481 e. The maximum absolute atomic E-state index is 13.9. The molecule has 1 aliphatic carbocycles. The second-order valence-electron chi connectivity index (χ2n) is 7.49. The van der Waals surface area contributed by atoms with Gasteiger partial charge in [-0.3, -0.25) is 4.79 Å². The minimum atomic E-state index is -0.802. The van der Waals surface area contributed by atoms with Gasteiger partial charge in [0.2, 0.25) is 0 Å². The highest BCUT2D eigenvalue weighted by Crippen LogP contribution is 2.47. The lowest BCUT2D eigenvalue weighted by Gasteiger charge is -2.42. The number of carbonyl (C=O) groups is 1. The number of rotatable bonds is 3. The Morgan fingerprint density at radius 3 is 2.33 bits per heavy atom. The molecule has 0 atom stereocenters. The van der Waals surface area contributed by atoms with Crippen molar-refractivity contribution < 1.29 is 14.3 Å². The van der Waals surface area contributed by atoms with Gasteiger partial charge in [-0.25, -0.2) is 4.39 Å². The molecule has 1 aromatic carbocycles. The number of aliphatic carboxylic acids is 1. The van der Waals surface area contributed by atoms with E-state index in [2.05, 4.69) is 20.8 Å². The van der Waals surface area contributed by atoms with E-state index in [1.54, 1.807) is 18.2 Å². The smallest absolute Gasteiger partial charge is 0.309 e. The summed E-state index contributed by atoms with van der Waals surface area (Å²) in [7, 11) is 0. The maximum atomic E-state index is 13.9. The number of carboxylic acid groups (broad SMARTS) is 1. The average Bonchev–Trinajstić information content (AvgIpc) is 2.41. The van der Waals surface area contributed by atoms with Crippen molar-refractivity contribution in [3.8, 4) is 0 Å². The number of hydrogen-bond donors (Lipinski definition) is 1. The van der Waals surface area contributed by atoms with Gasteiger partial charge in [0.05, 0.1) is 5.41 Å². The third-order valence-corrected chi connectivity index (χ3v) is 5.11. The van der Waals surface area contributed by atoms with Gasteiger partial charge in [0.1, 0.15) is 5.82 Å². The molecule has 2 rings (SSSR count).